The summed E-state index contributed by atoms with van der Waals surface area (Å²) in [7, 11) is 0. The first-order chi connectivity index (χ1) is 11.6. The van der Waals surface area contributed by atoms with E-state index in [1.54, 1.807) is 9.16 Å². The van der Waals surface area contributed by atoms with Crippen LogP contribution in [0.1, 0.15) is 105 Å². The Morgan fingerprint density at radius 1 is 0.667 bits per heavy atom. The fraction of sp³-hybridized carbons (Fsp3) is 0.909. The zero-order valence-electron chi connectivity index (χ0n) is 17.6. The number of aliphatic hydroxyl groups excluding tert-OH is 1. The van der Waals surface area contributed by atoms with Crippen LogP contribution in [0, 0.1) is 0 Å². The molecule has 0 spiro atoms. The molecule has 0 atom stereocenters. The molecule has 1 N–H and O–H groups in total. The Morgan fingerprint density at radius 2 is 1.12 bits per heavy atom. The van der Waals surface area contributed by atoms with Crippen molar-refractivity contribution in [3.8, 4) is 0 Å². The first kappa shape index (κ1) is 24.5. The first-order valence-electron chi connectivity index (χ1n) is 10.9. The van der Waals surface area contributed by atoms with Crippen molar-refractivity contribution >= 4 is 18.4 Å². The van der Waals surface area contributed by atoms with Crippen molar-refractivity contribution in [3.63, 3.8) is 0 Å². The summed E-state index contributed by atoms with van der Waals surface area (Å²) >= 11 is -2.39. The molecule has 0 aliphatic carbocycles. The molecule has 0 amide bonds. The van der Waals surface area contributed by atoms with E-state index in [4.69, 9.17) is 0 Å². The molecule has 0 radical (unpaired) electrons. The maximum atomic E-state index is 10.3. The quantitative estimate of drug-likeness (QED) is 0.191. The maximum absolute atomic E-state index is 10.3. The molecule has 0 saturated carbocycles. The van der Waals surface area contributed by atoms with Crippen LogP contribution in [0.25, 0.3) is 0 Å². The van der Waals surface area contributed by atoms with Crippen LogP contribution in [0.4, 0.5) is 0 Å². The van der Waals surface area contributed by atoms with Gasteiger partial charge in [-0.3, -0.25) is 0 Å². The third-order valence-electron chi connectivity index (χ3n) is 5.75. The van der Waals surface area contributed by atoms with Crippen LogP contribution in [0.3, 0.4) is 0 Å². The van der Waals surface area contributed by atoms with Gasteiger partial charge >= 0.3 is 158 Å². The number of aliphatic hydroxyl groups is 1. The van der Waals surface area contributed by atoms with Gasteiger partial charge in [0.05, 0.1) is 0 Å². The van der Waals surface area contributed by atoms with Crippen LogP contribution in [-0.4, -0.2) is 30.1 Å². The summed E-state index contributed by atoms with van der Waals surface area (Å²) in [5.41, 5.74) is 1.59. The number of hydrogen-bond donors (Lipinski definition) is 1. The zero-order chi connectivity index (χ0) is 18.3. The van der Waals surface area contributed by atoms with E-state index in [1.165, 1.54) is 83.9 Å². The second kappa shape index (κ2) is 15.7. The van der Waals surface area contributed by atoms with Crippen LogP contribution < -0.4 is 0 Å². The van der Waals surface area contributed by atoms with Crippen molar-refractivity contribution in [1.82, 2.24) is 0 Å². The van der Waals surface area contributed by atoms with Gasteiger partial charge in [0.2, 0.25) is 0 Å². The molecule has 0 aromatic carbocycles. The van der Waals surface area contributed by atoms with Gasteiger partial charge in [-0.15, -0.1) is 0 Å². The molecule has 0 heterocycles. The fourth-order valence-corrected chi connectivity index (χ4v) is 21.5. The van der Waals surface area contributed by atoms with Gasteiger partial charge in [-0.25, -0.2) is 0 Å². The average molecular weight is 445 g/mol. The van der Waals surface area contributed by atoms with E-state index in [0.717, 1.165) is 0 Å². The molecule has 0 fully saturated rings. The monoisotopic (exact) mass is 446 g/mol. The minimum atomic E-state index is -2.39. The van der Waals surface area contributed by atoms with Crippen LogP contribution in [0.5, 0.6) is 0 Å². The molecule has 2 heteroatoms. The van der Waals surface area contributed by atoms with Gasteiger partial charge in [0.25, 0.3) is 0 Å². The van der Waals surface area contributed by atoms with Crippen molar-refractivity contribution in [3.05, 3.63) is 9.16 Å². The van der Waals surface area contributed by atoms with Crippen molar-refractivity contribution in [2.45, 2.75) is 119 Å². The van der Waals surface area contributed by atoms with Gasteiger partial charge in [0.15, 0.2) is 0 Å². The summed E-state index contributed by atoms with van der Waals surface area (Å²) in [6, 6.07) is 0. The van der Waals surface area contributed by atoms with Gasteiger partial charge < -0.3 is 0 Å². The topological polar surface area (TPSA) is 20.2 Å². The van der Waals surface area contributed by atoms with Crippen molar-refractivity contribution < 1.29 is 5.11 Å². The SMILES string of the molecule is CCCCCC/C(C)=[C](/CO)[Sn]([CH2]CCC)([CH2]CCC)[CH2]CCC. The summed E-state index contributed by atoms with van der Waals surface area (Å²) in [6.07, 6.45) is 14.7. The van der Waals surface area contributed by atoms with E-state index >= 15 is 0 Å². The van der Waals surface area contributed by atoms with E-state index in [2.05, 4.69) is 34.6 Å². The molecule has 0 aromatic heterocycles. The summed E-state index contributed by atoms with van der Waals surface area (Å²) in [6.45, 7) is 12.0. The number of rotatable bonds is 16. The Morgan fingerprint density at radius 3 is 1.50 bits per heavy atom. The second-order valence-corrected chi connectivity index (χ2v) is 21.1. The Bertz CT molecular complexity index is 300. The third kappa shape index (κ3) is 9.27. The van der Waals surface area contributed by atoms with E-state index in [-0.39, 0.29) is 0 Å². The molecule has 0 unspecified atom stereocenters. The van der Waals surface area contributed by atoms with Gasteiger partial charge in [-0.2, -0.15) is 0 Å². The van der Waals surface area contributed by atoms with E-state index < -0.39 is 18.4 Å². The fourth-order valence-electron chi connectivity index (χ4n) is 4.10. The molecule has 0 rings (SSSR count). The summed E-state index contributed by atoms with van der Waals surface area (Å²) < 4.78 is 6.06. The van der Waals surface area contributed by atoms with Gasteiger partial charge in [0.1, 0.15) is 0 Å². The van der Waals surface area contributed by atoms with Crippen LogP contribution in [0.2, 0.25) is 13.3 Å². The van der Waals surface area contributed by atoms with Gasteiger partial charge in [-0.1, -0.05) is 0 Å². The summed E-state index contributed by atoms with van der Waals surface area (Å²) in [5.74, 6) is 0. The van der Waals surface area contributed by atoms with Crippen molar-refractivity contribution in [2.24, 2.45) is 0 Å². The number of allylic oxidation sites excluding steroid dienone is 1. The molecule has 0 aliphatic rings. The Hall–Kier alpha value is 0.499. The molecule has 144 valence electrons. The van der Waals surface area contributed by atoms with Crippen molar-refractivity contribution in [1.29, 1.82) is 0 Å². The normalized spacial score (nSPS) is 13.2. The predicted molar refractivity (Wildman–Crippen MR) is 113 cm³/mol. The van der Waals surface area contributed by atoms with Crippen LogP contribution >= 0.6 is 0 Å². The number of unbranched alkanes of at least 4 members (excludes halogenated alkanes) is 6. The van der Waals surface area contributed by atoms with Crippen LogP contribution in [0.15, 0.2) is 9.16 Å². The molecular weight excluding hydrogens is 399 g/mol. The van der Waals surface area contributed by atoms with Crippen LogP contribution in [-0.2, 0) is 0 Å². The molecule has 1 nitrogen and oxygen atoms in total. The Kier molecular flexibility index (Phi) is 16.1. The van der Waals surface area contributed by atoms with Gasteiger partial charge in [0, 0.05) is 0 Å². The molecular formula is C22H46OSn. The molecule has 0 aromatic rings. The minimum absolute atomic E-state index is 0.368. The van der Waals surface area contributed by atoms with Crippen molar-refractivity contribution in [2.75, 3.05) is 6.61 Å². The molecule has 24 heavy (non-hydrogen) atoms. The summed E-state index contributed by atoms with van der Waals surface area (Å²) in [4.78, 5) is 0. The predicted octanol–water partition coefficient (Wildman–Crippen LogP) is 7.65. The molecule has 0 bridgehead atoms. The second-order valence-electron chi connectivity index (χ2n) is 7.82. The molecule has 0 aliphatic heterocycles. The Labute approximate surface area is 157 Å². The van der Waals surface area contributed by atoms with E-state index in [0.29, 0.717) is 6.61 Å². The third-order valence-corrected chi connectivity index (χ3v) is 22.3. The van der Waals surface area contributed by atoms with E-state index in [9.17, 15) is 5.11 Å². The number of hydrogen-bond acceptors (Lipinski definition) is 1. The van der Waals surface area contributed by atoms with Gasteiger partial charge in [-0.05, 0) is 0 Å². The Balaban J connectivity index is 5.36. The molecule has 0 saturated heterocycles. The zero-order valence-corrected chi connectivity index (χ0v) is 20.4. The van der Waals surface area contributed by atoms with E-state index in [1.807, 2.05) is 0 Å². The first-order valence-corrected chi connectivity index (χ1v) is 18.4. The average Bonchev–Trinajstić information content (AvgIpc) is 2.60. The standard InChI is InChI=1S/C10H19O.3C4H9.Sn/c1-3-4-5-6-7-10(2)8-9-11;3*1-3-4-2;/h11H,3-7,9H2,1-2H3;3*1,3-4H2,2H3;. The summed E-state index contributed by atoms with van der Waals surface area (Å²) in [5, 5.41) is 10.3.